The Kier molecular flexibility index (Phi) is 3.66. The molecule has 0 aromatic heterocycles. The quantitative estimate of drug-likeness (QED) is 0.374. The zero-order valence-electron chi connectivity index (χ0n) is 6.33. The summed E-state index contributed by atoms with van der Waals surface area (Å²) in [7, 11) is 1.68. The van der Waals surface area contributed by atoms with E-state index >= 15 is 0 Å². The number of hydrogen-bond donors (Lipinski definition) is 1. The van der Waals surface area contributed by atoms with Crippen molar-refractivity contribution < 1.29 is 4.92 Å². The van der Waals surface area contributed by atoms with E-state index in [2.05, 4.69) is 18.5 Å². The van der Waals surface area contributed by atoms with Gasteiger partial charge in [-0.15, -0.1) is 0 Å². The fourth-order valence-electron chi connectivity index (χ4n) is 0.341. The second kappa shape index (κ2) is 4.27. The molecule has 1 N–H and O–H groups in total. The van der Waals surface area contributed by atoms with Crippen LogP contribution in [0.5, 0.6) is 0 Å². The number of rotatable bonds is 4. The molecule has 0 radical (unpaired) electrons. The molecule has 0 aromatic carbocycles. The fraction of sp³-hybridized carbons (Fsp3) is 0.143. The molecular formula is C7H10N2O2. The molecule has 0 bridgehead atoms. The van der Waals surface area contributed by atoms with Crippen LogP contribution >= 0.6 is 0 Å². The number of hydrogen-bond acceptors (Lipinski definition) is 3. The van der Waals surface area contributed by atoms with Crippen LogP contribution in [0.15, 0.2) is 36.7 Å². The van der Waals surface area contributed by atoms with Gasteiger partial charge in [0.2, 0.25) is 0 Å². The van der Waals surface area contributed by atoms with Crippen LogP contribution in [0, 0.1) is 10.1 Å². The lowest BCUT2D eigenvalue weighted by Crippen LogP contribution is -2.01. The molecule has 0 rings (SSSR count). The minimum atomic E-state index is -0.556. The minimum Gasteiger partial charge on any atom is -0.389 e. The highest BCUT2D eigenvalue weighted by Gasteiger charge is 1.98. The highest BCUT2D eigenvalue weighted by Crippen LogP contribution is 1.95. The number of allylic oxidation sites excluding steroid dienone is 2. The summed E-state index contributed by atoms with van der Waals surface area (Å²) in [5.41, 5.74) is 0.453. The van der Waals surface area contributed by atoms with Crippen LogP contribution in [0.4, 0.5) is 0 Å². The summed E-state index contributed by atoms with van der Waals surface area (Å²) in [6.45, 7) is 6.75. The molecule has 0 unspecified atom stereocenters. The topological polar surface area (TPSA) is 55.2 Å². The van der Waals surface area contributed by atoms with Crippen molar-refractivity contribution in [3.05, 3.63) is 46.8 Å². The molecule has 0 saturated heterocycles. The maximum atomic E-state index is 10.0. The average molecular weight is 154 g/mol. The first-order valence-electron chi connectivity index (χ1n) is 2.96. The summed E-state index contributed by atoms with van der Waals surface area (Å²) in [5, 5.41) is 12.7. The van der Waals surface area contributed by atoms with Gasteiger partial charge < -0.3 is 5.32 Å². The standard InChI is InChI=1S/C7H10N2O2/c1-6(8-3)4-5-7(2)9(10)11/h4-5,8H,1-2H2,3H3/b5-4-. The first-order valence-corrected chi connectivity index (χ1v) is 2.96. The second-order valence-corrected chi connectivity index (χ2v) is 1.86. The molecule has 4 nitrogen and oxygen atoms in total. The summed E-state index contributed by atoms with van der Waals surface area (Å²) in [6, 6.07) is 0. The summed E-state index contributed by atoms with van der Waals surface area (Å²) in [5.74, 6) is 0. The van der Waals surface area contributed by atoms with Gasteiger partial charge in [-0.2, -0.15) is 0 Å². The van der Waals surface area contributed by atoms with Gasteiger partial charge in [-0.25, -0.2) is 0 Å². The summed E-state index contributed by atoms with van der Waals surface area (Å²) in [6.07, 6.45) is 2.78. The van der Waals surface area contributed by atoms with Gasteiger partial charge in [0, 0.05) is 18.8 Å². The third-order valence-electron chi connectivity index (χ3n) is 1.03. The van der Waals surface area contributed by atoms with Crippen LogP contribution in [-0.4, -0.2) is 12.0 Å². The molecule has 60 valence electrons. The van der Waals surface area contributed by atoms with E-state index in [0.29, 0.717) is 5.70 Å². The van der Waals surface area contributed by atoms with Crippen LogP contribution in [-0.2, 0) is 0 Å². The molecule has 0 amide bonds. The molecule has 0 spiro atoms. The van der Waals surface area contributed by atoms with Crippen molar-refractivity contribution in [3.63, 3.8) is 0 Å². The molecule has 0 aliphatic rings. The molecule has 0 aliphatic carbocycles. The van der Waals surface area contributed by atoms with E-state index < -0.39 is 4.92 Å². The molecule has 0 saturated carbocycles. The normalized spacial score (nSPS) is 9.55. The highest BCUT2D eigenvalue weighted by atomic mass is 16.6. The van der Waals surface area contributed by atoms with Gasteiger partial charge in [0.25, 0.3) is 5.70 Å². The monoisotopic (exact) mass is 154 g/mol. The summed E-state index contributed by atoms with van der Waals surface area (Å²) >= 11 is 0. The van der Waals surface area contributed by atoms with Gasteiger partial charge in [-0.05, 0) is 12.7 Å². The molecule has 11 heavy (non-hydrogen) atoms. The minimum absolute atomic E-state index is 0.151. The Hall–Kier alpha value is -1.58. The van der Waals surface area contributed by atoms with E-state index in [1.54, 1.807) is 7.05 Å². The Labute approximate surface area is 65.1 Å². The van der Waals surface area contributed by atoms with E-state index in [9.17, 15) is 10.1 Å². The first kappa shape index (κ1) is 9.42. The van der Waals surface area contributed by atoms with Gasteiger partial charge >= 0.3 is 0 Å². The van der Waals surface area contributed by atoms with Crippen LogP contribution < -0.4 is 5.32 Å². The lowest BCUT2D eigenvalue weighted by molar-refractivity contribution is -0.418. The van der Waals surface area contributed by atoms with E-state index in [0.717, 1.165) is 0 Å². The van der Waals surface area contributed by atoms with E-state index in [4.69, 9.17) is 0 Å². The summed E-state index contributed by atoms with van der Waals surface area (Å²) in [4.78, 5) is 9.45. The summed E-state index contributed by atoms with van der Waals surface area (Å²) < 4.78 is 0. The zero-order valence-corrected chi connectivity index (χ0v) is 6.33. The molecule has 4 heteroatoms. The number of nitro groups is 1. The number of nitrogens with one attached hydrogen (secondary N) is 1. The van der Waals surface area contributed by atoms with Crippen molar-refractivity contribution in [1.82, 2.24) is 5.32 Å². The van der Waals surface area contributed by atoms with Gasteiger partial charge in [0.1, 0.15) is 0 Å². The highest BCUT2D eigenvalue weighted by molar-refractivity contribution is 5.18. The van der Waals surface area contributed by atoms with E-state index in [1.807, 2.05) is 0 Å². The van der Waals surface area contributed by atoms with Crippen molar-refractivity contribution in [2.45, 2.75) is 0 Å². The van der Waals surface area contributed by atoms with Gasteiger partial charge in [-0.1, -0.05) is 6.58 Å². The predicted octanol–water partition coefficient (Wildman–Crippen LogP) is 1.07. The average Bonchev–Trinajstić information content (AvgIpc) is 1.99. The SMILES string of the molecule is C=C(/C=C\C(=C)[N+](=O)[O-])NC. The van der Waals surface area contributed by atoms with Crippen LogP contribution in [0.25, 0.3) is 0 Å². The zero-order chi connectivity index (χ0) is 8.85. The largest absolute Gasteiger partial charge is 0.389 e. The van der Waals surface area contributed by atoms with Gasteiger partial charge in [0.15, 0.2) is 0 Å². The van der Waals surface area contributed by atoms with E-state index in [-0.39, 0.29) is 5.70 Å². The Morgan fingerprint density at radius 2 is 2.09 bits per heavy atom. The van der Waals surface area contributed by atoms with E-state index in [1.165, 1.54) is 12.2 Å². The van der Waals surface area contributed by atoms with Gasteiger partial charge in [-0.3, -0.25) is 10.1 Å². The van der Waals surface area contributed by atoms with Crippen LogP contribution in [0.1, 0.15) is 0 Å². The maximum absolute atomic E-state index is 10.0. The molecular weight excluding hydrogens is 144 g/mol. The van der Waals surface area contributed by atoms with Gasteiger partial charge in [0.05, 0.1) is 4.92 Å². The molecule has 0 heterocycles. The third kappa shape index (κ3) is 3.91. The maximum Gasteiger partial charge on any atom is 0.262 e. The van der Waals surface area contributed by atoms with Crippen molar-refractivity contribution in [1.29, 1.82) is 0 Å². The fourth-order valence-corrected chi connectivity index (χ4v) is 0.341. The number of nitrogens with zero attached hydrogens (tertiary/aromatic N) is 1. The molecule has 0 aliphatic heterocycles. The van der Waals surface area contributed by atoms with Crippen LogP contribution in [0.3, 0.4) is 0 Å². The smallest absolute Gasteiger partial charge is 0.262 e. The first-order chi connectivity index (χ1) is 5.07. The van der Waals surface area contributed by atoms with Crippen molar-refractivity contribution in [2.75, 3.05) is 7.05 Å². The Morgan fingerprint density at radius 3 is 2.45 bits per heavy atom. The second-order valence-electron chi connectivity index (χ2n) is 1.86. The Bertz CT molecular complexity index is 218. The van der Waals surface area contributed by atoms with Crippen LogP contribution in [0.2, 0.25) is 0 Å². The number of likely N-dealkylation sites (N-methyl/N-ethyl adjacent to an activating group) is 1. The third-order valence-corrected chi connectivity index (χ3v) is 1.03. The van der Waals surface area contributed by atoms with Crippen molar-refractivity contribution >= 4 is 0 Å². The molecule has 0 atom stereocenters. The Morgan fingerprint density at radius 1 is 1.55 bits per heavy atom. The van der Waals surface area contributed by atoms with Crippen molar-refractivity contribution in [3.8, 4) is 0 Å². The lowest BCUT2D eigenvalue weighted by atomic mass is 10.4. The molecule has 0 fully saturated rings. The predicted molar refractivity (Wildman–Crippen MR) is 43.5 cm³/mol. The van der Waals surface area contributed by atoms with Crippen molar-refractivity contribution in [2.24, 2.45) is 0 Å². The Balaban J connectivity index is 4.04. The molecule has 0 aromatic rings. The lowest BCUT2D eigenvalue weighted by Gasteiger charge is -1.93.